The number of primary sulfonamides is 1. The van der Waals surface area contributed by atoms with Crippen LogP contribution in [0.15, 0.2) is 59.8 Å². The van der Waals surface area contributed by atoms with E-state index in [4.69, 9.17) is 20.4 Å². The number of aromatic nitrogens is 4. The first-order valence-electron chi connectivity index (χ1n) is 10.5. The smallest absolute Gasteiger partial charge is 0.238 e. The highest BCUT2D eigenvalue weighted by Gasteiger charge is 2.16. The molecule has 0 atom stereocenters. The molecule has 0 fully saturated rings. The second kappa shape index (κ2) is 10.7. The Labute approximate surface area is 210 Å². The van der Waals surface area contributed by atoms with Crippen molar-refractivity contribution in [3.63, 3.8) is 0 Å². The molecule has 0 aliphatic carbocycles. The molecule has 2 aromatic carbocycles. The Morgan fingerprint density at radius 3 is 2.51 bits per heavy atom. The molecule has 0 spiro atoms. The van der Waals surface area contributed by atoms with Crippen molar-refractivity contribution in [3.8, 4) is 29.1 Å². The lowest BCUT2D eigenvalue weighted by molar-refractivity contribution is 0.369. The van der Waals surface area contributed by atoms with Crippen molar-refractivity contribution < 1.29 is 17.5 Å². The quantitative estimate of drug-likeness (QED) is 0.255. The first-order valence-corrected chi connectivity index (χ1v) is 12.1. The molecular formula is C23H18FN9O3S. The first-order chi connectivity index (χ1) is 17.8. The molecular weight excluding hydrogens is 501 g/mol. The Balaban J connectivity index is 1.62. The lowest BCUT2D eigenvalue weighted by Gasteiger charge is -2.13. The van der Waals surface area contributed by atoms with Crippen LogP contribution in [-0.2, 0) is 16.4 Å². The molecule has 2 aromatic heterocycles. The number of rotatable bonds is 9. The summed E-state index contributed by atoms with van der Waals surface area (Å²) in [5.41, 5.74) is 2.53. The van der Waals surface area contributed by atoms with Crippen molar-refractivity contribution in [2.75, 3.05) is 17.2 Å². The predicted octanol–water partition coefficient (Wildman–Crippen LogP) is 3.11. The number of nitriles is 2. The van der Waals surface area contributed by atoms with Crippen LogP contribution in [0.2, 0.25) is 0 Å². The molecule has 12 nitrogen and oxygen atoms in total. The molecule has 186 valence electrons. The van der Waals surface area contributed by atoms with Crippen LogP contribution >= 0.6 is 0 Å². The van der Waals surface area contributed by atoms with Crippen LogP contribution in [0.5, 0.6) is 5.75 Å². The van der Waals surface area contributed by atoms with E-state index in [9.17, 15) is 12.8 Å². The summed E-state index contributed by atoms with van der Waals surface area (Å²) < 4.78 is 42.9. The number of hydrogen-bond acceptors (Lipinski definition) is 10. The number of nitrogens with zero attached hydrogens (tertiary/aromatic N) is 5. The number of aromatic amines is 1. The Bertz CT molecular complexity index is 1620. The van der Waals surface area contributed by atoms with Gasteiger partial charge in [-0.2, -0.15) is 20.6 Å². The van der Waals surface area contributed by atoms with Gasteiger partial charge in [0.2, 0.25) is 16.0 Å². The van der Waals surface area contributed by atoms with Gasteiger partial charge in [0.1, 0.15) is 11.8 Å². The molecule has 2 heterocycles. The third-order valence-corrected chi connectivity index (χ3v) is 5.90. The third kappa shape index (κ3) is 5.96. The fourth-order valence-electron chi connectivity index (χ4n) is 3.31. The van der Waals surface area contributed by atoms with Gasteiger partial charge in [0.25, 0.3) is 0 Å². The molecule has 37 heavy (non-hydrogen) atoms. The number of anilines is 4. The van der Waals surface area contributed by atoms with E-state index < -0.39 is 15.8 Å². The summed E-state index contributed by atoms with van der Waals surface area (Å²) in [6, 6.07) is 14.4. The molecule has 14 heteroatoms. The summed E-state index contributed by atoms with van der Waals surface area (Å²) in [6.07, 6.45) is 2.58. The second-order valence-corrected chi connectivity index (χ2v) is 9.03. The highest BCUT2D eigenvalue weighted by atomic mass is 32.2. The highest BCUT2D eigenvalue weighted by molar-refractivity contribution is 7.89. The fourth-order valence-corrected chi connectivity index (χ4v) is 3.83. The number of nitrogens with two attached hydrogens (primary N) is 1. The van der Waals surface area contributed by atoms with E-state index in [0.717, 1.165) is 6.20 Å². The Morgan fingerprint density at radius 1 is 1.05 bits per heavy atom. The van der Waals surface area contributed by atoms with Crippen molar-refractivity contribution in [2.24, 2.45) is 5.14 Å². The van der Waals surface area contributed by atoms with E-state index in [1.54, 1.807) is 18.2 Å². The van der Waals surface area contributed by atoms with Crippen LogP contribution < -0.4 is 20.5 Å². The van der Waals surface area contributed by atoms with Crippen molar-refractivity contribution in [2.45, 2.75) is 11.3 Å². The summed E-state index contributed by atoms with van der Waals surface area (Å²) in [7, 11) is -3.84. The topological polar surface area (TPSA) is 195 Å². The van der Waals surface area contributed by atoms with Crippen molar-refractivity contribution in [1.29, 1.82) is 10.5 Å². The van der Waals surface area contributed by atoms with Gasteiger partial charge < -0.3 is 15.4 Å². The number of H-pyrrole nitrogens is 1. The molecule has 0 aliphatic rings. The maximum Gasteiger partial charge on any atom is 0.238 e. The maximum absolute atomic E-state index is 14.6. The van der Waals surface area contributed by atoms with Crippen molar-refractivity contribution >= 4 is 33.2 Å². The molecule has 0 bridgehead atoms. The average Bonchev–Trinajstić information content (AvgIpc) is 3.33. The lowest BCUT2D eigenvalue weighted by atomic mass is 10.0. The zero-order valence-electron chi connectivity index (χ0n) is 18.9. The number of hydrogen-bond donors (Lipinski definition) is 4. The van der Waals surface area contributed by atoms with E-state index >= 15 is 0 Å². The summed E-state index contributed by atoms with van der Waals surface area (Å²) in [5.74, 6) is -0.458. The van der Waals surface area contributed by atoms with Gasteiger partial charge in [0.15, 0.2) is 18.2 Å². The number of ether oxygens (including phenoxy) is 1. The molecule has 0 aliphatic heterocycles. The average molecular weight is 520 g/mol. The lowest BCUT2D eigenvalue weighted by Crippen LogP contribution is -2.11. The molecule has 4 aromatic rings. The van der Waals surface area contributed by atoms with Crippen LogP contribution in [0, 0.1) is 28.5 Å². The largest absolute Gasteiger partial charge is 0.478 e. The van der Waals surface area contributed by atoms with Gasteiger partial charge in [0.05, 0.1) is 35.5 Å². The van der Waals surface area contributed by atoms with Gasteiger partial charge >= 0.3 is 0 Å². The molecule has 4 rings (SSSR count). The summed E-state index contributed by atoms with van der Waals surface area (Å²) in [5, 5.41) is 35.7. The molecule has 0 unspecified atom stereocenters. The first kappa shape index (κ1) is 25.1. The van der Waals surface area contributed by atoms with Crippen LogP contribution in [0.3, 0.4) is 0 Å². The summed E-state index contributed by atoms with van der Waals surface area (Å²) in [6.45, 7) is -0.199. The minimum absolute atomic E-state index is 0.0475. The number of sulfonamides is 1. The van der Waals surface area contributed by atoms with Gasteiger partial charge in [-0.05, 0) is 42.5 Å². The van der Waals surface area contributed by atoms with Gasteiger partial charge in [-0.25, -0.2) is 22.9 Å². The molecule has 5 N–H and O–H groups in total. The van der Waals surface area contributed by atoms with Crippen molar-refractivity contribution in [1.82, 2.24) is 20.2 Å². The van der Waals surface area contributed by atoms with Gasteiger partial charge in [-0.3, -0.25) is 5.10 Å². The van der Waals surface area contributed by atoms with E-state index in [1.165, 1.54) is 30.5 Å². The monoisotopic (exact) mass is 519 g/mol. The van der Waals surface area contributed by atoms with Gasteiger partial charge in [-0.1, -0.05) is 0 Å². The standard InChI is InChI=1S/C23H18FN9O3S/c24-19-13-28-23(31-15-1-4-17(5-2-15)37(27,34)35)32-22(19)30-16-3-6-20(36-10-9-26)18(11-16)21-14(7-8-25)12-29-33-21/h1-6,11-13H,7,10H2,(H,29,33)(H2,27,34,35)(H2,28,30,31,32). The van der Waals surface area contributed by atoms with Crippen LogP contribution in [0.1, 0.15) is 5.56 Å². The zero-order valence-corrected chi connectivity index (χ0v) is 19.8. The number of halogens is 1. The molecule has 0 saturated heterocycles. The highest BCUT2D eigenvalue weighted by Crippen LogP contribution is 2.35. The van der Waals surface area contributed by atoms with E-state index in [2.05, 4.69) is 36.9 Å². The van der Waals surface area contributed by atoms with E-state index in [-0.39, 0.29) is 29.7 Å². The minimum Gasteiger partial charge on any atom is -0.478 e. The molecule has 0 saturated carbocycles. The number of benzene rings is 2. The predicted molar refractivity (Wildman–Crippen MR) is 131 cm³/mol. The Kier molecular flexibility index (Phi) is 7.24. The van der Waals surface area contributed by atoms with Gasteiger partial charge in [0, 0.05) is 22.5 Å². The Morgan fingerprint density at radius 2 is 1.81 bits per heavy atom. The third-order valence-electron chi connectivity index (χ3n) is 4.97. The summed E-state index contributed by atoms with van der Waals surface area (Å²) >= 11 is 0. The fraction of sp³-hybridized carbons (Fsp3) is 0.0870. The van der Waals surface area contributed by atoms with Gasteiger partial charge in [-0.15, -0.1) is 0 Å². The maximum atomic E-state index is 14.6. The minimum atomic E-state index is -3.84. The van der Waals surface area contributed by atoms with Crippen LogP contribution in [-0.4, -0.2) is 35.2 Å². The van der Waals surface area contributed by atoms with Crippen LogP contribution in [0.25, 0.3) is 11.3 Å². The SMILES string of the molecule is N#CCOc1ccc(Nc2nc(Nc3ccc(S(N)(=O)=O)cc3)ncc2F)cc1-c1[nH]ncc1CC#N. The van der Waals surface area contributed by atoms with E-state index in [1.807, 2.05) is 6.07 Å². The molecule has 0 radical (unpaired) electrons. The number of nitrogens with one attached hydrogen (secondary N) is 3. The van der Waals surface area contributed by atoms with Crippen molar-refractivity contribution in [3.05, 3.63) is 66.2 Å². The van der Waals surface area contributed by atoms with E-state index in [0.29, 0.717) is 33.9 Å². The van der Waals surface area contributed by atoms with Crippen LogP contribution in [0.4, 0.5) is 27.5 Å². The zero-order chi connectivity index (χ0) is 26.4. The normalized spacial score (nSPS) is 10.8. The Hall–Kier alpha value is -5.05. The molecule has 0 amide bonds. The summed E-state index contributed by atoms with van der Waals surface area (Å²) in [4.78, 5) is 8.01. The second-order valence-electron chi connectivity index (χ2n) is 7.47.